The first-order valence-electron chi connectivity index (χ1n) is 6.69. The third kappa shape index (κ3) is 2.35. The van der Waals surface area contributed by atoms with Gasteiger partial charge in [-0.2, -0.15) is 5.26 Å². The predicted molar refractivity (Wildman–Crippen MR) is 74.8 cm³/mol. The Hall–Kier alpha value is -1.47. The van der Waals surface area contributed by atoms with Crippen molar-refractivity contribution < 1.29 is 4.79 Å². The topological polar surface area (TPSA) is 44.1 Å². The zero-order valence-corrected chi connectivity index (χ0v) is 11.5. The van der Waals surface area contributed by atoms with Gasteiger partial charge in [0.25, 0.3) is 0 Å². The van der Waals surface area contributed by atoms with Gasteiger partial charge < -0.3 is 4.90 Å². The lowest BCUT2D eigenvalue weighted by Crippen LogP contribution is -2.41. The number of likely N-dealkylation sites (tertiary alicyclic amines) is 1. The van der Waals surface area contributed by atoms with Crippen molar-refractivity contribution >= 4 is 17.7 Å². The number of benzene rings is 1. The first-order chi connectivity index (χ1) is 9.29. The number of carbonyl (C=O) groups excluding carboxylic acids is 1. The molecule has 2 heterocycles. The number of piperidine rings is 1. The highest BCUT2D eigenvalue weighted by molar-refractivity contribution is 7.99. The van der Waals surface area contributed by atoms with Crippen LogP contribution in [0.5, 0.6) is 0 Å². The normalized spacial score (nSPS) is 22.9. The molecular formula is C15H16N2OS. The van der Waals surface area contributed by atoms with Crippen molar-refractivity contribution in [3.05, 3.63) is 29.8 Å². The maximum atomic E-state index is 12.6. The van der Waals surface area contributed by atoms with Gasteiger partial charge in [-0.15, -0.1) is 11.8 Å². The number of fused-ring (bicyclic) bond motifs is 1. The Balaban J connectivity index is 1.71. The molecule has 1 fully saturated rings. The number of nitriles is 1. The average Bonchev–Trinajstić information content (AvgIpc) is 2.90. The van der Waals surface area contributed by atoms with E-state index in [2.05, 4.69) is 18.2 Å². The second kappa shape index (κ2) is 5.26. The third-order valence-electron chi connectivity index (χ3n) is 3.99. The summed E-state index contributed by atoms with van der Waals surface area (Å²) in [4.78, 5) is 15.8. The molecule has 0 aliphatic carbocycles. The number of amides is 1. The summed E-state index contributed by atoms with van der Waals surface area (Å²) in [6.07, 6.45) is 1.65. The van der Waals surface area contributed by atoms with Crippen molar-refractivity contribution in [2.24, 2.45) is 5.92 Å². The van der Waals surface area contributed by atoms with Crippen LogP contribution in [0, 0.1) is 17.2 Å². The number of hydrogen-bond donors (Lipinski definition) is 0. The maximum Gasteiger partial charge on any atom is 0.231 e. The Labute approximate surface area is 117 Å². The van der Waals surface area contributed by atoms with Gasteiger partial charge in [0.05, 0.1) is 12.0 Å². The minimum Gasteiger partial charge on any atom is -0.342 e. The van der Waals surface area contributed by atoms with E-state index in [4.69, 9.17) is 5.26 Å². The Morgan fingerprint density at radius 3 is 2.79 bits per heavy atom. The molecule has 3 nitrogen and oxygen atoms in total. The van der Waals surface area contributed by atoms with E-state index in [1.54, 1.807) is 11.8 Å². The zero-order chi connectivity index (χ0) is 13.2. The summed E-state index contributed by atoms with van der Waals surface area (Å²) in [7, 11) is 0. The smallest absolute Gasteiger partial charge is 0.231 e. The van der Waals surface area contributed by atoms with Gasteiger partial charge in [-0.1, -0.05) is 18.2 Å². The van der Waals surface area contributed by atoms with Crippen LogP contribution in [-0.2, 0) is 4.79 Å². The molecule has 3 rings (SSSR count). The molecule has 2 aliphatic rings. The second-order valence-corrected chi connectivity index (χ2v) is 6.19. The molecule has 98 valence electrons. The molecule has 1 aromatic carbocycles. The quantitative estimate of drug-likeness (QED) is 0.789. The SMILES string of the molecule is N#CC1CCN(C(=O)C2CSc3ccccc32)CC1. The van der Waals surface area contributed by atoms with Gasteiger partial charge in [-0.05, 0) is 24.5 Å². The molecule has 19 heavy (non-hydrogen) atoms. The molecule has 0 N–H and O–H groups in total. The zero-order valence-electron chi connectivity index (χ0n) is 10.7. The minimum absolute atomic E-state index is 0.0137. The van der Waals surface area contributed by atoms with Crippen molar-refractivity contribution in [2.75, 3.05) is 18.8 Å². The lowest BCUT2D eigenvalue weighted by Gasteiger charge is -2.31. The molecule has 0 radical (unpaired) electrons. The predicted octanol–water partition coefficient (Wildman–Crippen LogP) is 2.64. The van der Waals surface area contributed by atoms with E-state index in [0.717, 1.165) is 31.7 Å². The summed E-state index contributed by atoms with van der Waals surface area (Å²) in [6, 6.07) is 10.5. The number of thioether (sulfide) groups is 1. The number of rotatable bonds is 1. The molecule has 0 aromatic heterocycles. The van der Waals surface area contributed by atoms with Crippen LogP contribution in [-0.4, -0.2) is 29.6 Å². The number of nitrogens with zero attached hydrogens (tertiary/aromatic N) is 2. The van der Waals surface area contributed by atoms with E-state index in [0.29, 0.717) is 0 Å². The maximum absolute atomic E-state index is 12.6. The Morgan fingerprint density at radius 1 is 1.32 bits per heavy atom. The lowest BCUT2D eigenvalue weighted by molar-refractivity contribution is -0.133. The Morgan fingerprint density at radius 2 is 2.05 bits per heavy atom. The molecule has 1 aromatic rings. The first kappa shape index (κ1) is 12.6. The van der Waals surface area contributed by atoms with Crippen molar-refractivity contribution in [3.8, 4) is 6.07 Å². The summed E-state index contributed by atoms with van der Waals surface area (Å²) >= 11 is 1.77. The Bertz CT molecular complexity index is 529. The van der Waals surface area contributed by atoms with Crippen LogP contribution in [0.1, 0.15) is 24.3 Å². The fourth-order valence-corrected chi connectivity index (χ4v) is 4.04. The number of carbonyl (C=O) groups is 1. The van der Waals surface area contributed by atoms with E-state index in [1.807, 2.05) is 17.0 Å². The average molecular weight is 272 g/mol. The van der Waals surface area contributed by atoms with E-state index < -0.39 is 0 Å². The summed E-state index contributed by atoms with van der Waals surface area (Å²) in [5.74, 6) is 1.25. The molecule has 0 saturated carbocycles. The van der Waals surface area contributed by atoms with Crippen LogP contribution in [0.2, 0.25) is 0 Å². The first-order valence-corrected chi connectivity index (χ1v) is 7.68. The summed E-state index contributed by atoms with van der Waals surface area (Å²) < 4.78 is 0. The van der Waals surface area contributed by atoms with Crippen molar-refractivity contribution in [2.45, 2.75) is 23.7 Å². The van der Waals surface area contributed by atoms with Crippen molar-refractivity contribution in [1.29, 1.82) is 5.26 Å². The summed E-state index contributed by atoms with van der Waals surface area (Å²) in [5.41, 5.74) is 1.18. The summed E-state index contributed by atoms with van der Waals surface area (Å²) in [6.45, 7) is 1.47. The van der Waals surface area contributed by atoms with E-state index in [9.17, 15) is 4.79 Å². The molecule has 1 amide bonds. The van der Waals surface area contributed by atoms with Crippen molar-refractivity contribution in [3.63, 3.8) is 0 Å². The fraction of sp³-hybridized carbons (Fsp3) is 0.467. The molecule has 1 saturated heterocycles. The highest BCUT2D eigenvalue weighted by Gasteiger charge is 2.33. The summed E-state index contributed by atoms with van der Waals surface area (Å²) in [5, 5.41) is 8.90. The molecular weight excluding hydrogens is 256 g/mol. The molecule has 0 bridgehead atoms. The largest absolute Gasteiger partial charge is 0.342 e. The minimum atomic E-state index is 0.0137. The standard InChI is InChI=1S/C15H16N2OS/c16-9-11-5-7-17(8-6-11)15(18)13-10-19-14-4-2-1-3-12(13)14/h1-4,11,13H,5-8,10H2. The van der Waals surface area contributed by atoms with Crippen LogP contribution in [0.3, 0.4) is 0 Å². The monoisotopic (exact) mass is 272 g/mol. The van der Waals surface area contributed by atoms with Crippen LogP contribution >= 0.6 is 11.8 Å². The van der Waals surface area contributed by atoms with Gasteiger partial charge in [0.15, 0.2) is 0 Å². The second-order valence-electron chi connectivity index (χ2n) is 5.13. The van der Waals surface area contributed by atoms with Crippen molar-refractivity contribution in [1.82, 2.24) is 4.90 Å². The third-order valence-corrected chi connectivity index (χ3v) is 5.17. The fourth-order valence-electron chi connectivity index (χ4n) is 2.82. The van der Waals surface area contributed by atoms with E-state index in [-0.39, 0.29) is 17.7 Å². The molecule has 1 atom stereocenters. The van der Waals surface area contributed by atoms with E-state index >= 15 is 0 Å². The van der Waals surface area contributed by atoms with E-state index in [1.165, 1.54) is 10.5 Å². The highest BCUT2D eigenvalue weighted by Crippen LogP contribution is 2.40. The van der Waals surface area contributed by atoms with Gasteiger partial charge in [0.1, 0.15) is 0 Å². The van der Waals surface area contributed by atoms with Crippen LogP contribution in [0.25, 0.3) is 0 Å². The van der Waals surface area contributed by atoms with Crippen LogP contribution in [0.15, 0.2) is 29.2 Å². The Kier molecular flexibility index (Phi) is 3.48. The molecule has 0 spiro atoms. The lowest BCUT2D eigenvalue weighted by atomic mass is 9.95. The van der Waals surface area contributed by atoms with Gasteiger partial charge in [0.2, 0.25) is 5.91 Å². The molecule has 4 heteroatoms. The van der Waals surface area contributed by atoms with Gasteiger partial charge >= 0.3 is 0 Å². The number of hydrogen-bond acceptors (Lipinski definition) is 3. The highest BCUT2D eigenvalue weighted by atomic mass is 32.2. The van der Waals surface area contributed by atoms with Gasteiger partial charge in [0, 0.05) is 29.7 Å². The van der Waals surface area contributed by atoms with Crippen LogP contribution in [0.4, 0.5) is 0 Å². The van der Waals surface area contributed by atoms with Crippen LogP contribution < -0.4 is 0 Å². The molecule has 2 aliphatic heterocycles. The van der Waals surface area contributed by atoms with Gasteiger partial charge in [-0.25, -0.2) is 0 Å². The van der Waals surface area contributed by atoms with Gasteiger partial charge in [-0.3, -0.25) is 4.79 Å². The molecule has 1 unspecified atom stereocenters.